The van der Waals surface area contributed by atoms with E-state index in [1.807, 2.05) is 18.2 Å². The average molecular weight is 312 g/mol. The Hall–Kier alpha value is -2.53. The van der Waals surface area contributed by atoms with Gasteiger partial charge in [-0.3, -0.25) is 4.90 Å². The van der Waals surface area contributed by atoms with Crippen molar-refractivity contribution in [2.45, 2.75) is 0 Å². The van der Waals surface area contributed by atoms with Crippen molar-refractivity contribution in [1.82, 2.24) is 4.90 Å². The van der Waals surface area contributed by atoms with Crippen molar-refractivity contribution in [3.05, 3.63) is 60.2 Å². The Balaban J connectivity index is 1.53. The number of carbonyl (C=O) groups is 1. The van der Waals surface area contributed by atoms with Crippen LogP contribution in [0.25, 0.3) is 0 Å². The molecule has 0 amide bonds. The topological polar surface area (TPSA) is 53.0 Å². The Morgan fingerprint density at radius 1 is 0.957 bits per heavy atom. The smallest absolute Gasteiger partial charge is 0.339 e. The predicted octanol–water partition coefficient (Wildman–Crippen LogP) is 2.54. The molecule has 0 bridgehead atoms. The molecule has 120 valence electrons. The maximum absolute atomic E-state index is 11.2. The number of anilines is 1. The van der Waals surface area contributed by atoms with Crippen LogP contribution >= 0.6 is 0 Å². The number of piperazine rings is 1. The average Bonchev–Trinajstić information content (AvgIpc) is 2.61. The molecule has 1 aliphatic heterocycles. The molecule has 23 heavy (non-hydrogen) atoms. The second-order valence-corrected chi connectivity index (χ2v) is 5.52. The molecule has 2 aromatic carbocycles. The molecular formula is C18H20N2O3. The van der Waals surface area contributed by atoms with Gasteiger partial charge in [0.25, 0.3) is 0 Å². The monoisotopic (exact) mass is 312 g/mol. The van der Waals surface area contributed by atoms with Crippen molar-refractivity contribution in [2.24, 2.45) is 0 Å². The number of aromatic carboxylic acids is 1. The third-order valence-corrected chi connectivity index (χ3v) is 4.01. The Bertz CT molecular complexity index is 652. The van der Waals surface area contributed by atoms with Crippen molar-refractivity contribution in [2.75, 3.05) is 37.8 Å². The van der Waals surface area contributed by atoms with Crippen molar-refractivity contribution >= 4 is 11.7 Å². The molecule has 1 N–H and O–H groups in total. The molecule has 5 heteroatoms. The van der Waals surface area contributed by atoms with Gasteiger partial charge < -0.3 is 14.7 Å². The summed E-state index contributed by atoms with van der Waals surface area (Å²) in [6, 6.07) is 17.1. The minimum atomic E-state index is -0.963. The largest absolute Gasteiger partial charge is 0.478 e. The maximum atomic E-state index is 11.2. The summed E-state index contributed by atoms with van der Waals surface area (Å²) in [5, 5.41) is 9.16. The number of ether oxygens (including phenoxy) is 1. The van der Waals surface area contributed by atoms with Crippen molar-refractivity contribution in [1.29, 1.82) is 0 Å². The van der Waals surface area contributed by atoms with Gasteiger partial charge in [-0.25, -0.2) is 4.79 Å². The van der Waals surface area contributed by atoms with Gasteiger partial charge >= 0.3 is 5.97 Å². The zero-order valence-corrected chi connectivity index (χ0v) is 12.9. The first-order valence-corrected chi connectivity index (χ1v) is 7.71. The van der Waals surface area contributed by atoms with E-state index in [0.717, 1.165) is 26.2 Å². The first-order chi connectivity index (χ1) is 11.2. The summed E-state index contributed by atoms with van der Waals surface area (Å²) in [7, 11) is 0. The van der Waals surface area contributed by atoms with Crippen LogP contribution in [0, 0.1) is 0 Å². The second-order valence-electron chi connectivity index (χ2n) is 5.52. The van der Waals surface area contributed by atoms with Gasteiger partial charge in [-0.1, -0.05) is 30.3 Å². The molecule has 0 unspecified atom stereocenters. The first kappa shape index (κ1) is 15.4. The number of para-hydroxylation sites is 2. The lowest BCUT2D eigenvalue weighted by atomic mass is 10.2. The summed E-state index contributed by atoms with van der Waals surface area (Å²) in [6.45, 7) is 4.07. The van der Waals surface area contributed by atoms with E-state index in [1.54, 1.807) is 24.3 Å². The highest BCUT2D eigenvalue weighted by Gasteiger charge is 2.18. The van der Waals surface area contributed by atoms with Gasteiger partial charge in [-0.2, -0.15) is 0 Å². The Morgan fingerprint density at radius 2 is 1.61 bits per heavy atom. The van der Waals surface area contributed by atoms with E-state index >= 15 is 0 Å². The summed E-state index contributed by atoms with van der Waals surface area (Å²) in [5.74, 6) is -0.542. The van der Waals surface area contributed by atoms with Gasteiger partial charge in [0.2, 0.25) is 0 Å². The number of carboxylic acid groups (broad SMARTS) is 1. The first-order valence-electron chi connectivity index (χ1n) is 7.71. The molecule has 0 spiro atoms. The standard InChI is InChI=1S/C18H20N2O3/c21-18(22)16-8-4-5-9-17(16)23-14-19-10-12-20(13-11-19)15-6-2-1-3-7-15/h1-9H,10-14H2,(H,21,22). The van der Waals surface area contributed by atoms with E-state index in [1.165, 1.54) is 5.69 Å². The van der Waals surface area contributed by atoms with E-state index in [0.29, 0.717) is 12.5 Å². The van der Waals surface area contributed by atoms with E-state index in [4.69, 9.17) is 9.84 Å². The lowest BCUT2D eigenvalue weighted by Crippen LogP contribution is -2.47. The molecular weight excluding hydrogens is 292 g/mol. The highest BCUT2D eigenvalue weighted by molar-refractivity contribution is 5.90. The maximum Gasteiger partial charge on any atom is 0.339 e. The van der Waals surface area contributed by atoms with Crippen molar-refractivity contribution < 1.29 is 14.6 Å². The van der Waals surface area contributed by atoms with Crippen LogP contribution < -0.4 is 9.64 Å². The van der Waals surface area contributed by atoms with Crippen LogP contribution in [0.1, 0.15) is 10.4 Å². The fourth-order valence-corrected chi connectivity index (χ4v) is 2.70. The molecule has 0 atom stereocenters. The minimum Gasteiger partial charge on any atom is -0.478 e. The number of benzene rings is 2. The molecule has 1 fully saturated rings. The van der Waals surface area contributed by atoms with Gasteiger partial charge in [-0.15, -0.1) is 0 Å². The quantitative estimate of drug-likeness (QED) is 0.919. The van der Waals surface area contributed by atoms with Crippen LogP contribution in [-0.4, -0.2) is 48.9 Å². The Labute approximate surface area is 135 Å². The third-order valence-electron chi connectivity index (χ3n) is 4.01. The minimum absolute atomic E-state index is 0.204. The summed E-state index contributed by atoms with van der Waals surface area (Å²) >= 11 is 0. The molecule has 1 saturated heterocycles. The highest BCUT2D eigenvalue weighted by atomic mass is 16.5. The molecule has 5 nitrogen and oxygen atoms in total. The van der Waals surface area contributed by atoms with Crippen molar-refractivity contribution in [3.63, 3.8) is 0 Å². The number of hydrogen-bond donors (Lipinski definition) is 1. The number of nitrogens with zero attached hydrogens (tertiary/aromatic N) is 2. The fraction of sp³-hybridized carbons (Fsp3) is 0.278. The second kappa shape index (κ2) is 7.15. The van der Waals surface area contributed by atoms with Crippen LogP contribution in [0.4, 0.5) is 5.69 Å². The Kier molecular flexibility index (Phi) is 4.78. The van der Waals surface area contributed by atoms with Gasteiger partial charge in [-0.05, 0) is 24.3 Å². The molecule has 0 aliphatic carbocycles. The summed E-state index contributed by atoms with van der Waals surface area (Å²) in [6.07, 6.45) is 0. The highest BCUT2D eigenvalue weighted by Crippen LogP contribution is 2.19. The normalized spacial score (nSPS) is 15.4. The number of rotatable bonds is 5. The van der Waals surface area contributed by atoms with E-state index < -0.39 is 5.97 Å². The molecule has 1 heterocycles. The number of carboxylic acids is 1. The van der Waals surface area contributed by atoms with E-state index in [9.17, 15) is 4.79 Å². The molecule has 0 saturated carbocycles. The van der Waals surface area contributed by atoms with Crippen LogP contribution in [0.2, 0.25) is 0 Å². The van der Waals surface area contributed by atoms with Gasteiger partial charge in [0.05, 0.1) is 0 Å². The van der Waals surface area contributed by atoms with E-state index in [-0.39, 0.29) is 5.56 Å². The molecule has 0 radical (unpaired) electrons. The molecule has 3 rings (SSSR count). The lowest BCUT2D eigenvalue weighted by Gasteiger charge is -2.35. The SMILES string of the molecule is O=C(O)c1ccccc1OCN1CCN(c2ccccc2)CC1. The van der Waals surface area contributed by atoms with Crippen LogP contribution in [0.5, 0.6) is 5.75 Å². The summed E-state index contributed by atoms with van der Waals surface area (Å²) in [5.41, 5.74) is 1.44. The van der Waals surface area contributed by atoms with Crippen LogP contribution in [0.3, 0.4) is 0 Å². The number of hydrogen-bond acceptors (Lipinski definition) is 4. The zero-order valence-electron chi connectivity index (χ0n) is 12.9. The van der Waals surface area contributed by atoms with Gasteiger partial charge in [0, 0.05) is 31.9 Å². The molecule has 2 aromatic rings. The summed E-state index contributed by atoms with van der Waals surface area (Å²) in [4.78, 5) is 15.7. The van der Waals surface area contributed by atoms with Gasteiger partial charge in [0.1, 0.15) is 18.0 Å². The third kappa shape index (κ3) is 3.81. The molecule has 0 aromatic heterocycles. The van der Waals surface area contributed by atoms with Crippen molar-refractivity contribution in [3.8, 4) is 5.75 Å². The summed E-state index contributed by atoms with van der Waals surface area (Å²) < 4.78 is 5.71. The van der Waals surface area contributed by atoms with E-state index in [2.05, 4.69) is 21.9 Å². The van der Waals surface area contributed by atoms with Crippen LogP contribution in [-0.2, 0) is 0 Å². The predicted molar refractivity (Wildman–Crippen MR) is 89.1 cm³/mol. The van der Waals surface area contributed by atoms with Gasteiger partial charge in [0.15, 0.2) is 0 Å². The molecule has 1 aliphatic rings. The zero-order chi connectivity index (χ0) is 16.1. The van der Waals surface area contributed by atoms with Crippen LogP contribution in [0.15, 0.2) is 54.6 Å². The fourth-order valence-electron chi connectivity index (χ4n) is 2.70. The Morgan fingerprint density at radius 3 is 2.30 bits per heavy atom. The lowest BCUT2D eigenvalue weighted by molar-refractivity contribution is 0.0683.